The SMILES string of the molecule is C/C=C/C[C@H](CC(=O)OC)N(C(=O)OC(C)(C)C)C(=O)c1ccccc1. The van der Waals surface area contributed by atoms with E-state index in [4.69, 9.17) is 9.47 Å². The van der Waals surface area contributed by atoms with Gasteiger partial charge in [0.2, 0.25) is 0 Å². The van der Waals surface area contributed by atoms with Gasteiger partial charge in [0.05, 0.1) is 19.6 Å². The van der Waals surface area contributed by atoms with Crippen LogP contribution in [0.5, 0.6) is 0 Å². The average molecular weight is 361 g/mol. The molecule has 0 aromatic heterocycles. The number of imide groups is 1. The summed E-state index contributed by atoms with van der Waals surface area (Å²) >= 11 is 0. The fourth-order valence-electron chi connectivity index (χ4n) is 2.28. The van der Waals surface area contributed by atoms with Crippen LogP contribution in [0.1, 0.15) is 50.9 Å². The molecule has 0 aliphatic carbocycles. The zero-order valence-electron chi connectivity index (χ0n) is 16.0. The standard InChI is InChI=1S/C20H27NO5/c1-6-7-13-16(14-17(22)25-5)21(19(24)26-20(2,3)4)18(23)15-11-9-8-10-12-15/h6-12,16H,13-14H2,1-5H3/b7-6+/t16-/m1/s1. The van der Waals surface area contributed by atoms with Gasteiger partial charge in [-0.2, -0.15) is 0 Å². The number of allylic oxidation sites excluding steroid dienone is 1. The van der Waals surface area contributed by atoms with E-state index < -0.39 is 29.6 Å². The third-order valence-corrected chi connectivity index (χ3v) is 3.47. The Balaban J connectivity index is 3.27. The van der Waals surface area contributed by atoms with Crippen LogP contribution in [0.25, 0.3) is 0 Å². The Labute approximate surface area is 154 Å². The van der Waals surface area contributed by atoms with Gasteiger partial charge in [-0.15, -0.1) is 0 Å². The highest BCUT2D eigenvalue weighted by Crippen LogP contribution is 2.20. The second-order valence-corrected chi connectivity index (χ2v) is 6.76. The molecule has 0 radical (unpaired) electrons. The largest absolute Gasteiger partial charge is 0.469 e. The van der Waals surface area contributed by atoms with Crippen LogP contribution in [0.15, 0.2) is 42.5 Å². The van der Waals surface area contributed by atoms with Gasteiger partial charge in [0.15, 0.2) is 0 Å². The molecule has 0 bridgehead atoms. The summed E-state index contributed by atoms with van der Waals surface area (Å²) < 4.78 is 10.1. The molecule has 26 heavy (non-hydrogen) atoms. The molecule has 6 nitrogen and oxygen atoms in total. The summed E-state index contributed by atoms with van der Waals surface area (Å²) in [6.45, 7) is 6.98. The first-order valence-corrected chi connectivity index (χ1v) is 8.49. The highest BCUT2D eigenvalue weighted by atomic mass is 16.6. The van der Waals surface area contributed by atoms with Gasteiger partial charge in [0.25, 0.3) is 5.91 Å². The molecule has 0 unspecified atom stereocenters. The molecule has 6 heteroatoms. The summed E-state index contributed by atoms with van der Waals surface area (Å²) in [6.07, 6.45) is 3.01. The van der Waals surface area contributed by atoms with Crippen molar-refractivity contribution in [1.29, 1.82) is 0 Å². The highest BCUT2D eigenvalue weighted by molar-refractivity contribution is 6.03. The molecule has 0 aliphatic heterocycles. The molecule has 1 aromatic rings. The Morgan fingerprint density at radius 2 is 1.77 bits per heavy atom. The highest BCUT2D eigenvalue weighted by Gasteiger charge is 2.35. The van der Waals surface area contributed by atoms with E-state index in [0.717, 1.165) is 4.90 Å². The van der Waals surface area contributed by atoms with Crippen LogP contribution in [0.2, 0.25) is 0 Å². The Hall–Kier alpha value is -2.63. The number of benzene rings is 1. The molecular formula is C20H27NO5. The first-order chi connectivity index (χ1) is 12.2. The molecule has 0 heterocycles. The zero-order chi connectivity index (χ0) is 19.7. The molecule has 0 fully saturated rings. The van der Waals surface area contributed by atoms with Gasteiger partial charge >= 0.3 is 12.1 Å². The molecule has 142 valence electrons. The predicted molar refractivity (Wildman–Crippen MR) is 98.7 cm³/mol. The van der Waals surface area contributed by atoms with E-state index in [1.807, 2.05) is 6.92 Å². The monoisotopic (exact) mass is 361 g/mol. The van der Waals surface area contributed by atoms with Crippen LogP contribution in [0, 0.1) is 0 Å². The zero-order valence-corrected chi connectivity index (χ0v) is 16.0. The predicted octanol–water partition coefficient (Wildman–Crippen LogP) is 3.96. The lowest BCUT2D eigenvalue weighted by atomic mass is 10.1. The maximum absolute atomic E-state index is 13.0. The van der Waals surface area contributed by atoms with Crippen LogP contribution in [0.4, 0.5) is 4.79 Å². The number of carbonyl (C=O) groups excluding carboxylic acids is 3. The van der Waals surface area contributed by atoms with E-state index in [9.17, 15) is 14.4 Å². The van der Waals surface area contributed by atoms with Gasteiger partial charge in [0, 0.05) is 5.56 Å². The summed E-state index contributed by atoms with van der Waals surface area (Å²) in [6, 6.07) is 7.72. The summed E-state index contributed by atoms with van der Waals surface area (Å²) in [7, 11) is 1.27. The maximum atomic E-state index is 13.0. The van der Waals surface area contributed by atoms with Gasteiger partial charge in [-0.3, -0.25) is 9.59 Å². The second-order valence-electron chi connectivity index (χ2n) is 6.76. The fourth-order valence-corrected chi connectivity index (χ4v) is 2.28. The van der Waals surface area contributed by atoms with Crippen LogP contribution >= 0.6 is 0 Å². The molecule has 2 amide bonds. The maximum Gasteiger partial charge on any atom is 0.417 e. The topological polar surface area (TPSA) is 72.9 Å². The minimum atomic E-state index is -0.787. The molecule has 0 saturated carbocycles. The summed E-state index contributed by atoms with van der Waals surface area (Å²) in [5.74, 6) is -1.02. The number of hydrogen-bond donors (Lipinski definition) is 0. The van der Waals surface area contributed by atoms with Crippen molar-refractivity contribution in [3.05, 3.63) is 48.0 Å². The van der Waals surface area contributed by atoms with Crippen molar-refractivity contribution in [3.63, 3.8) is 0 Å². The van der Waals surface area contributed by atoms with E-state index in [2.05, 4.69) is 0 Å². The summed E-state index contributed by atoms with van der Waals surface area (Å²) in [5, 5.41) is 0. The van der Waals surface area contributed by atoms with Gasteiger partial charge in [-0.25, -0.2) is 9.69 Å². The van der Waals surface area contributed by atoms with E-state index in [1.165, 1.54) is 7.11 Å². The third kappa shape index (κ3) is 6.70. The number of rotatable bonds is 6. The van der Waals surface area contributed by atoms with Crippen molar-refractivity contribution in [1.82, 2.24) is 4.90 Å². The number of amides is 2. The number of methoxy groups -OCH3 is 1. The number of nitrogens with zero attached hydrogens (tertiary/aromatic N) is 1. The Bertz CT molecular complexity index is 646. The van der Waals surface area contributed by atoms with E-state index in [1.54, 1.807) is 63.3 Å². The molecular weight excluding hydrogens is 334 g/mol. The minimum absolute atomic E-state index is 0.112. The number of ether oxygens (including phenoxy) is 2. The Morgan fingerprint density at radius 1 is 1.15 bits per heavy atom. The average Bonchev–Trinajstić information content (AvgIpc) is 2.58. The van der Waals surface area contributed by atoms with E-state index in [-0.39, 0.29) is 6.42 Å². The van der Waals surface area contributed by atoms with Gasteiger partial charge in [0.1, 0.15) is 5.60 Å². The van der Waals surface area contributed by atoms with Crippen LogP contribution in [-0.4, -0.2) is 41.6 Å². The molecule has 1 rings (SSSR count). The van der Waals surface area contributed by atoms with Crippen molar-refractivity contribution in [2.45, 2.75) is 52.2 Å². The van der Waals surface area contributed by atoms with Crippen molar-refractivity contribution in [2.75, 3.05) is 7.11 Å². The summed E-state index contributed by atoms with van der Waals surface area (Å²) in [5.41, 5.74) is -0.434. The smallest absolute Gasteiger partial charge is 0.417 e. The lowest BCUT2D eigenvalue weighted by molar-refractivity contribution is -0.141. The van der Waals surface area contributed by atoms with Gasteiger partial charge in [-0.05, 0) is 46.2 Å². The van der Waals surface area contributed by atoms with Crippen molar-refractivity contribution in [2.24, 2.45) is 0 Å². The number of hydrogen-bond acceptors (Lipinski definition) is 5. The quantitative estimate of drug-likeness (QED) is 0.566. The Kier molecular flexibility index (Phi) is 8.03. The molecule has 0 aliphatic rings. The third-order valence-electron chi connectivity index (χ3n) is 3.47. The molecule has 1 atom stereocenters. The normalized spacial score (nSPS) is 12.5. The lowest BCUT2D eigenvalue weighted by Gasteiger charge is -2.31. The molecule has 0 spiro atoms. The second kappa shape index (κ2) is 9.75. The van der Waals surface area contributed by atoms with Crippen molar-refractivity contribution in [3.8, 4) is 0 Å². The van der Waals surface area contributed by atoms with Crippen LogP contribution < -0.4 is 0 Å². The minimum Gasteiger partial charge on any atom is -0.469 e. The van der Waals surface area contributed by atoms with E-state index >= 15 is 0 Å². The molecule has 1 aromatic carbocycles. The van der Waals surface area contributed by atoms with Gasteiger partial charge < -0.3 is 9.47 Å². The summed E-state index contributed by atoms with van der Waals surface area (Å²) in [4.78, 5) is 38.6. The van der Waals surface area contributed by atoms with Crippen LogP contribution in [-0.2, 0) is 14.3 Å². The number of carbonyl (C=O) groups is 3. The first-order valence-electron chi connectivity index (χ1n) is 8.49. The molecule has 0 N–H and O–H groups in total. The first kappa shape index (κ1) is 21.4. The molecule has 0 saturated heterocycles. The van der Waals surface area contributed by atoms with Crippen molar-refractivity contribution >= 4 is 18.0 Å². The number of esters is 1. The lowest BCUT2D eigenvalue weighted by Crippen LogP contribution is -2.47. The fraction of sp³-hybridized carbons (Fsp3) is 0.450. The van der Waals surface area contributed by atoms with Crippen LogP contribution in [0.3, 0.4) is 0 Å². The van der Waals surface area contributed by atoms with Crippen molar-refractivity contribution < 1.29 is 23.9 Å². The van der Waals surface area contributed by atoms with E-state index in [0.29, 0.717) is 12.0 Å². The van der Waals surface area contributed by atoms with Gasteiger partial charge in [-0.1, -0.05) is 30.4 Å². The Morgan fingerprint density at radius 3 is 2.27 bits per heavy atom.